The van der Waals surface area contributed by atoms with Gasteiger partial charge in [0.25, 0.3) is 0 Å². The molecule has 0 bridgehead atoms. The molecule has 0 aromatic heterocycles. The first kappa shape index (κ1) is 11.6. The van der Waals surface area contributed by atoms with Crippen LogP contribution in [0.15, 0.2) is 18.2 Å². The van der Waals surface area contributed by atoms with E-state index in [1.54, 1.807) is 0 Å². The summed E-state index contributed by atoms with van der Waals surface area (Å²) in [5, 5.41) is 11.6. The second-order valence-corrected chi connectivity index (χ2v) is 4.62. The molecule has 1 aliphatic heterocycles. The predicted octanol–water partition coefficient (Wildman–Crippen LogP) is 1.36. The van der Waals surface area contributed by atoms with Crippen molar-refractivity contribution in [2.45, 2.75) is 32.2 Å². The first-order chi connectivity index (χ1) is 7.97. The van der Waals surface area contributed by atoms with E-state index in [9.17, 15) is 9.59 Å². The summed E-state index contributed by atoms with van der Waals surface area (Å²) < 4.78 is 0. The summed E-state index contributed by atoms with van der Waals surface area (Å²) in [6.07, 6.45) is 0.250. The van der Waals surface area contributed by atoms with Crippen LogP contribution in [0.4, 0.5) is 0 Å². The van der Waals surface area contributed by atoms with E-state index in [4.69, 9.17) is 5.11 Å². The number of rotatable bonds is 2. The average Bonchev–Trinajstić information content (AvgIpc) is 2.59. The van der Waals surface area contributed by atoms with Gasteiger partial charge in [-0.2, -0.15) is 0 Å². The molecular formula is C13H15NO3. The Morgan fingerprint density at radius 2 is 1.88 bits per heavy atom. The standard InChI is InChI=1S/C13H15NO3/c1-7-3-8(2)5-9(4-7)10-6-11(15)14-12(10)13(16)17/h3-5,10,12H,6H2,1-2H3,(H,14,15)(H,16,17). The number of amides is 1. The molecule has 2 rings (SSSR count). The number of aliphatic carboxylic acids is 1. The van der Waals surface area contributed by atoms with Crippen LogP contribution in [-0.2, 0) is 9.59 Å². The summed E-state index contributed by atoms with van der Waals surface area (Å²) in [4.78, 5) is 22.4. The van der Waals surface area contributed by atoms with Gasteiger partial charge in [-0.25, -0.2) is 4.79 Å². The Morgan fingerprint density at radius 1 is 1.29 bits per heavy atom. The zero-order chi connectivity index (χ0) is 12.6. The molecule has 0 saturated carbocycles. The molecule has 1 aromatic carbocycles. The van der Waals surface area contributed by atoms with Gasteiger partial charge < -0.3 is 10.4 Å². The molecular weight excluding hydrogens is 218 g/mol. The Kier molecular flexibility index (Phi) is 2.88. The highest BCUT2D eigenvalue weighted by molar-refractivity contribution is 5.89. The predicted molar refractivity (Wildman–Crippen MR) is 62.8 cm³/mol. The van der Waals surface area contributed by atoms with Gasteiger partial charge in [-0.05, 0) is 19.4 Å². The van der Waals surface area contributed by atoms with Crippen LogP contribution in [0.3, 0.4) is 0 Å². The highest BCUT2D eigenvalue weighted by atomic mass is 16.4. The van der Waals surface area contributed by atoms with Crippen LogP contribution < -0.4 is 5.32 Å². The minimum atomic E-state index is -0.972. The number of nitrogens with one attached hydrogen (secondary N) is 1. The third kappa shape index (κ3) is 2.30. The van der Waals surface area contributed by atoms with Crippen molar-refractivity contribution >= 4 is 11.9 Å². The van der Waals surface area contributed by atoms with Gasteiger partial charge in [0.1, 0.15) is 6.04 Å². The normalized spacial score (nSPS) is 23.5. The Morgan fingerprint density at radius 3 is 2.41 bits per heavy atom. The smallest absolute Gasteiger partial charge is 0.326 e. The monoisotopic (exact) mass is 233 g/mol. The molecule has 0 radical (unpaired) electrons. The maximum Gasteiger partial charge on any atom is 0.326 e. The van der Waals surface area contributed by atoms with Crippen LogP contribution in [-0.4, -0.2) is 23.0 Å². The number of carboxylic acid groups (broad SMARTS) is 1. The second kappa shape index (κ2) is 4.20. The molecule has 1 fully saturated rings. The van der Waals surface area contributed by atoms with E-state index in [0.717, 1.165) is 16.7 Å². The van der Waals surface area contributed by atoms with E-state index in [1.807, 2.05) is 32.0 Å². The Labute approximate surface area is 99.6 Å². The molecule has 17 heavy (non-hydrogen) atoms. The van der Waals surface area contributed by atoms with Crippen molar-refractivity contribution in [2.24, 2.45) is 0 Å². The van der Waals surface area contributed by atoms with Crippen molar-refractivity contribution in [2.75, 3.05) is 0 Å². The number of hydrogen-bond donors (Lipinski definition) is 2. The van der Waals surface area contributed by atoms with E-state index >= 15 is 0 Å². The molecule has 1 saturated heterocycles. The second-order valence-electron chi connectivity index (χ2n) is 4.62. The molecule has 1 amide bonds. The van der Waals surface area contributed by atoms with Gasteiger partial charge in [-0.15, -0.1) is 0 Å². The number of hydrogen-bond acceptors (Lipinski definition) is 2. The van der Waals surface area contributed by atoms with Crippen LogP contribution in [0.5, 0.6) is 0 Å². The fourth-order valence-electron chi connectivity index (χ4n) is 2.42. The van der Waals surface area contributed by atoms with Crippen molar-refractivity contribution < 1.29 is 14.7 Å². The third-order valence-corrected chi connectivity index (χ3v) is 3.06. The Bertz CT molecular complexity index is 461. The summed E-state index contributed by atoms with van der Waals surface area (Å²) in [7, 11) is 0. The maximum atomic E-state index is 11.3. The van der Waals surface area contributed by atoms with Crippen LogP contribution in [0.1, 0.15) is 29.0 Å². The van der Waals surface area contributed by atoms with Crippen molar-refractivity contribution in [3.63, 3.8) is 0 Å². The van der Waals surface area contributed by atoms with E-state index in [1.165, 1.54) is 0 Å². The molecule has 0 aliphatic carbocycles. The quantitative estimate of drug-likeness (QED) is 0.810. The zero-order valence-corrected chi connectivity index (χ0v) is 9.86. The van der Waals surface area contributed by atoms with Crippen LogP contribution >= 0.6 is 0 Å². The van der Waals surface area contributed by atoms with Gasteiger partial charge in [-0.1, -0.05) is 29.3 Å². The van der Waals surface area contributed by atoms with E-state index in [2.05, 4.69) is 5.32 Å². The lowest BCUT2D eigenvalue weighted by Crippen LogP contribution is -2.36. The summed E-state index contributed by atoms with van der Waals surface area (Å²) in [5.41, 5.74) is 3.10. The summed E-state index contributed by atoms with van der Waals surface area (Å²) >= 11 is 0. The van der Waals surface area contributed by atoms with Gasteiger partial charge in [-0.3, -0.25) is 4.79 Å². The van der Waals surface area contributed by atoms with Crippen molar-refractivity contribution in [3.8, 4) is 0 Å². The number of carbonyl (C=O) groups is 2. The van der Waals surface area contributed by atoms with E-state index in [0.29, 0.717) is 0 Å². The topological polar surface area (TPSA) is 66.4 Å². The summed E-state index contributed by atoms with van der Waals surface area (Å²) in [5.74, 6) is -1.43. The highest BCUT2D eigenvalue weighted by Gasteiger charge is 2.38. The lowest BCUT2D eigenvalue weighted by atomic mass is 9.90. The fraction of sp³-hybridized carbons (Fsp3) is 0.385. The molecule has 2 unspecified atom stereocenters. The minimum absolute atomic E-state index is 0.193. The molecule has 90 valence electrons. The molecule has 2 atom stereocenters. The molecule has 1 aromatic rings. The Balaban J connectivity index is 2.37. The third-order valence-electron chi connectivity index (χ3n) is 3.06. The molecule has 4 heteroatoms. The fourth-order valence-corrected chi connectivity index (χ4v) is 2.42. The van der Waals surface area contributed by atoms with Gasteiger partial charge in [0.15, 0.2) is 0 Å². The van der Waals surface area contributed by atoms with Crippen molar-refractivity contribution in [1.29, 1.82) is 0 Å². The number of carboxylic acids is 1. The largest absolute Gasteiger partial charge is 0.480 e. The van der Waals surface area contributed by atoms with Crippen molar-refractivity contribution in [1.82, 2.24) is 5.32 Å². The van der Waals surface area contributed by atoms with Crippen LogP contribution in [0, 0.1) is 13.8 Å². The maximum absolute atomic E-state index is 11.3. The van der Waals surface area contributed by atoms with E-state index in [-0.39, 0.29) is 18.2 Å². The number of aryl methyl sites for hydroxylation is 2. The average molecular weight is 233 g/mol. The van der Waals surface area contributed by atoms with Gasteiger partial charge in [0, 0.05) is 12.3 Å². The molecule has 1 heterocycles. The highest BCUT2D eigenvalue weighted by Crippen LogP contribution is 2.29. The summed E-state index contributed by atoms with van der Waals surface area (Å²) in [6, 6.07) is 5.13. The van der Waals surface area contributed by atoms with Crippen LogP contribution in [0.2, 0.25) is 0 Å². The SMILES string of the molecule is Cc1cc(C)cc(C2CC(=O)NC2C(=O)O)c1. The first-order valence-corrected chi connectivity index (χ1v) is 5.58. The lowest BCUT2D eigenvalue weighted by Gasteiger charge is -2.16. The van der Waals surface area contributed by atoms with Gasteiger partial charge in [0.05, 0.1) is 0 Å². The molecule has 1 aliphatic rings. The number of benzene rings is 1. The lowest BCUT2D eigenvalue weighted by molar-refractivity contribution is -0.140. The van der Waals surface area contributed by atoms with E-state index < -0.39 is 12.0 Å². The van der Waals surface area contributed by atoms with Gasteiger partial charge in [0.2, 0.25) is 5.91 Å². The minimum Gasteiger partial charge on any atom is -0.480 e. The Hall–Kier alpha value is -1.84. The van der Waals surface area contributed by atoms with Crippen molar-refractivity contribution in [3.05, 3.63) is 34.9 Å². The van der Waals surface area contributed by atoms with Gasteiger partial charge >= 0.3 is 5.97 Å². The first-order valence-electron chi connectivity index (χ1n) is 5.58. The van der Waals surface area contributed by atoms with Crippen LogP contribution in [0.25, 0.3) is 0 Å². The summed E-state index contributed by atoms with van der Waals surface area (Å²) in [6.45, 7) is 3.94. The zero-order valence-electron chi connectivity index (χ0n) is 9.86. The number of carbonyl (C=O) groups excluding carboxylic acids is 1. The molecule has 4 nitrogen and oxygen atoms in total. The molecule has 0 spiro atoms. The molecule has 2 N–H and O–H groups in total.